The van der Waals surface area contributed by atoms with E-state index in [9.17, 15) is 14.9 Å². The average Bonchev–Trinajstić information content (AvgIpc) is 2.73. The molecule has 152 valence electrons. The maximum atomic E-state index is 12.4. The minimum Gasteiger partial charge on any atom is -0.426 e. The third-order valence-electron chi connectivity index (χ3n) is 5.20. The third-order valence-corrected chi connectivity index (χ3v) is 5.20. The number of guanidine groups is 1. The predicted octanol–water partition coefficient (Wildman–Crippen LogP) is 3.25. The van der Waals surface area contributed by atoms with Crippen molar-refractivity contribution < 1.29 is 14.5 Å². The molecule has 1 aliphatic carbocycles. The molecule has 0 aliphatic heterocycles. The zero-order valence-electron chi connectivity index (χ0n) is 16.0. The summed E-state index contributed by atoms with van der Waals surface area (Å²) in [4.78, 5) is 26.8. The summed E-state index contributed by atoms with van der Waals surface area (Å²) < 4.78 is 5.53. The summed E-state index contributed by atoms with van der Waals surface area (Å²) in [5.74, 6) is 0.669. The Morgan fingerprint density at radius 2 is 1.55 bits per heavy atom. The van der Waals surface area contributed by atoms with Crippen LogP contribution in [-0.4, -0.2) is 23.4 Å². The largest absolute Gasteiger partial charge is 0.426 e. The number of rotatable bonds is 6. The molecule has 1 aliphatic rings. The highest BCUT2D eigenvalue weighted by Gasteiger charge is 2.27. The van der Waals surface area contributed by atoms with Crippen molar-refractivity contribution in [1.29, 1.82) is 0 Å². The predicted molar refractivity (Wildman–Crippen MR) is 110 cm³/mol. The maximum absolute atomic E-state index is 12.4. The molecular weight excluding hydrogens is 372 g/mol. The molecule has 1 fully saturated rings. The van der Waals surface area contributed by atoms with Crippen molar-refractivity contribution in [3.05, 3.63) is 58.6 Å². The van der Waals surface area contributed by atoms with E-state index >= 15 is 0 Å². The number of carbonyl (C=O) groups excluding carboxylic acids is 1. The van der Waals surface area contributed by atoms with E-state index in [1.807, 2.05) is 12.1 Å². The highest BCUT2D eigenvalue weighted by molar-refractivity contribution is 5.76. The summed E-state index contributed by atoms with van der Waals surface area (Å²) >= 11 is 0. The lowest BCUT2D eigenvalue weighted by molar-refractivity contribution is -0.384. The van der Waals surface area contributed by atoms with Gasteiger partial charge >= 0.3 is 5.97 Å². The monoisotopic (exact) mass is 396 g/mol. The van der Waals surface area contributed by atoms with Gasteiger partial charge in [-0.15, -0.1) is 0 Å². The summed E-state index contributed by atoms with van der Waals surface area (Å²) in [5, 5.41) is 10.7. The molecule has 0 radical (unpaired) electrons. The van der Waals surface area contributed by atoms with Crippen LogP contribution < -0.4 is 16.2 Å². The van der Waals surface area contributed by atoms with E-state index in [0.29, 0.717) is 18.2 Å². The molecule has 0 spiro atoms. The lowest BCUT2D eigenvalue weighted by Gasteiger charge is -2.26. The molecule has 0 saturated heterocycles. The van der Waals surface area contributed by atoms with Crippen LogP contribution in [0.3, 0.4) is 0 Å². The molecule has 0 bridgehead atoms. The van der Waals surface area contributed by atoms with Crippen LogP contribution in [0.5, 0.6) is 5.75 Å². The van der Waals surface area contributed by atoms with E-state index in [4.69, 9.17) is 16.2 Å². The Morgan fingerprint density at radius 1 is 1.00 bits per heavy atom. The molecule has 0 amide bonds. The molecule has 3 rings (SSSR count). The van der Waals surface area contributed by atoms with E-state index in [-0.39, 0.29) is 23.5 Å². The molecule has 0 unspecified atom stereocenters. The fraction of sp³-hybridized carbons (Fsp3) is 0.333. The molecule has 0 heterocycles. The zero-order valence-corrected chi connectivity index (χ0v) is 16.0. The Kier molecular flexibility index (Phi) is 6.43. The van der Waals surface area contributed by atoms with E-state index < -0.39 is 4.92 Å². The molecule has 2 aromatic rings. The SMILES string of the molecule is NC(N)=NCC1CCC(C(=O)Oc2ccc(-c3ccc([N+](=O)[O-])cc3)cc2)CC1. The van der Waals surface area contributed by atoms with E-state index in [1.54, 1.807) is 24.3 Å². The second-order valence-electron chi connectivity index (χ2n) is 7.23. The van der Waals surface area contributed by atoms with Crippen LogP contribution in [0.25, 0.3) is 11.1 Å². The van der Waals surface area contributed by atoms with Gasteiger partial charge in [-0.2, -0.15) is 0 Å². The van der Waals surface area contributed by atoms with Crippen molar-refractivity contribution in [1.82, 2.24) is 0 Å². The van der Waals surface area contributed by atoms with Crippen LogP contribution in [0.15, 0.2) is 53.5 Å². The van der Waals surface area contributed by atoms with Gasteiger partial charge in [0.25, 0.3) is 5.69 Å². The number of non-ortho nitro benzene ring substituents is 1. The number of hydrogen-bond acceptors (Lipinski definition) is 5. The topological polar surface area (TPSA) is 134 Å². The third kappa shape index (κ3) is 5.54. The van der Waals surface area contributed by atoms with Crippen molar-refractivity contribution in [2.45, 2.75) is 25.7 Å². The Bertz CT molecular complexity index is 882. The fourth-order valence-corrected chi connectivity index (χ4v) is 3.51. The number of carbonyl (C=O) groups is 1. The number of benzene rings is 2. The van der Waals surface area contributed by atoms with Gasteiger partial charge < -0.3 is 16.2 Å². The number of esters is 1. The van der Waals surface area contributed by atoms with E-state index in [1.165, 1.54) is 12.1 Å². The summed E-state index contributed by atoms with van der Waals surface area (Å²) in [6, 6.07) is 13.4. The summed E-state index contributed by atoms with van der Waals surface area (Å²) in [6.45, 7) is 0.605. The van der Waals surface area contributed by atoms with Gasteiger partial charge in [-0.05, 0) is 67.0 Å². The first kappa shape index (κ1) is 20.3. The molecule has 4 N–H and O–H groups in total. The first-order chi connectivity index (χ1) is 13.9. The molecular formula is C21H24N4O4. The molecule has 8 nitrogen and oxygen atoms in total. The molecule has 29 heavy (non-hydrogen) atoms. The minimum absolute atomic E-state index is 0.0484. The number of aliphatic imine (C=N–C) groups is 1. The second-order valence-corrected chi connectivity index (χ2v) is 7.23. The van der Waals surface area contributed by atoms with Gasteiger partial charge in [0.2, 0.25) is 0 Å². The van der Waals surface area contributed by atoms with Gasteiger partial charge in [0, 0.05) is 18.7 Å². The molecule has 0 aromatic heterocycles. The van der Waals surface area contributed by atoms with Crippen LogP contribution in [0, 0.1) is 22.0 Å². The van der Waals surface area contributed by atoms with Gasteiger partial charge in [-0.3, -0.25) is 19.9 Å². The molecule has 8 heteroatoms. The number of ether oxygens (including phenoxy) is 1. The highest BCUT2D eigenvalue weighted by Crippen LogP contribution is 2.31. The van der Waals surface area contributed by atoms with Gasteiger partial charge in [-0.25, -0.2) is 0 Å². The Balaban J connectivity index is 1.54. The van der Waals surface area contributed by atoms with E-state index in [0.717, 1.165) is 36.8 Å². The van der Waals surface area contributed by atoms with Crippen molar-refractivity contribution >= 4 is 17.6 Å². The van der Waals surface area contributed by atoms with Gasteiger partial charge in [0.15, 0.2) is 5.96 Å². The minimum atomic E-state index is -0.430. The summed E-state index contributed by atoms with van der Waals surface area (Å²) in [5.41, 5.74) is 12.5. The van der Waals surface area contributed by atoms with Crippen LogP contribution in [0.2, 0.25) is 0 Å². The summed E-state index contributed by atoms with van der Waals surface area (Å²) in [7, 11) is 0. The molecule has 0 atom stereocenters. The first-order valence-corrected chi connectivity index (χ1v) is 9.54. The maximum Gasteiger partial charge on any atom is 0.314 e. The highest BCUT2D eigenvalue weighted by atomic mass is 16.6. The van der Waals surface area contributed by atoms with Crippen LogP contribution >= 0.6 is 0 Å². The Labute approximate surface area is 168 Å². The Morgan fingerprint density at radius 3 is 2.07 bits per heavy atom. The lowest BCUT2D eigenvalue weighted by Crippen LogP contribution is -2.28. The van der Waals surface area contributed by atoms with Crippen LogP contribution in [0.1, 0.15) is 25.7 Å². The van der Waals surface area contributed by atoms with Crippen molar-refractivity contribution in [3.63, 3.8) is 0 Å². The molecule has 1 saturated carbocycles. The number of nitro groups is 1. The van der Waals surface area contributed by atoms with E-state index in [2.05, 4.69) is 4.99 Å². The quantitative estimate of drug-likeness (QED) is 0.192. The number of hydrogen-bond donors (Lipinski definition) is 2. The standard InChI is InChI=1S/C21H24N4O4/c22-21(23)24-13-14-1-3-17(4-2-14)20(26)29-19-11-7-16(8-12-19)15-5-9-18(10-6-15)25(27)28/h5-12,14,17H,1-4,13H2,(H4,22,23,24). The van der Waals surface area contributed by atoms with Crippen LogP contribution in [0.4, 0.5) is 5.69 Å². The smallest absolute Gasteiger partial charge is 0.314 e. The fourth-order valence-electron chi connectivity index (χ4n) is 3.51. The second kappa shape index (κ2) is 9.18. The zero-order chi connectivity index (χ0) is 20.8. The number of nitro benzene ring substituents is 1. The first-order valence-electron chi connectivity index (χ1n) is 9.54. The van der Waals surface area contributed by atoms with Crippen molar-refractivity contribution in [3.8, 4) is 16.9 Å². The van der Waals surface area contributed by atoms with Crippen molar-refractivity contribution in [2.75, 3.05) is 6.54 Å². The summed E-state index contributed by atoms with van der Waals surface area (Å²) in [6.07, 6.45) is 3.33. The number of nitrogens with two attached hydrogens (primary N) is 2. The van der Waals surface area contributed by atoms with Crippen LogP contribution in [-0.2, 0) is 4.79 Å². The van der Waals surface area contributed by atoms with Crippen molar-refractivity contribution in [2.24, 2.45) is 28.3 Å². The van der Waals surface area contributed by atoms with Gasteiger partial charge in [0.1, 0.15) is 5.75 Å². The normalized spacial score (nSPS) is 18.6. The number of nitrogens with zero attached hydrogens (tertiary/aromatic N) is 2. The molecule has 2 aromatic carbocycles. The van der Waals surface area contributed by atoms with Gasteiger partial charge in [-0.1, -0.05) is 12.1 Å². The van der Waals surface area contributed by atoms with Gasteiger partial charge in [0.05, 0.1) is 10.8 Å². The Hall–Kier alpha value is -3.42. The average molecular weight is 396 g/mol. The lowest BCUT2D eigenvalue weighted by atomic mass is 9.82.